The van der Waals surface area contributed by atoms with Gasteiger partial charge in [0.2, 0.25) is 0 Å². The lowest BCUT2D eigenvalue weighted by Gasteiger charge is -2.17. The predicted molar refractivity (Wildman–Crippen MR) is 46.2 cm³/mol. The molecule has 74 valence electrons. The van der Waals surface area contributed by atoms with Crippen LogP contribution in [-0.4, -0.2) is 6.18 Å². The molecule has 2 unspecified atom stereocenters. The largest absolute Gasteiger partial charge is 0.395 e. The lowest BCUT2D eigenvalue weighted by molar-refractivity contribution is -0.164. The third-order valence-corrected chi connectivity index (χ3v) is 2.20. The highest BCUT2D eigenvalue weighted by molar-refractivity contribution is 5.20. The molecule has 0 fully saturated rings. The maximum Gasteiger partial charge on any atom is 0.395 e. The van der Waals surface area contributed by atoms with E-state index in [4.69, 9.17) is 0 Å². The van der Waals surface area contributed by atoms with Crippen LogP contribution in [0.2, 0.25) is 0 Å². The third-order valence-electron chi connectivity index (χ3n) is 2.20. The van der Waals surface area contributed by atoms with Crippen molar-refractivity contribution in [1.29, 1.82) is 0 Å². The lowest BCUT2D eigenvalue weighted by atomic mass is 9.96. The van der Waals surface area contributed by atoms with E-state index in [2.05, 4.69) is 0 Å². The quantitative estimate of drug-likeness (QED) is 0.546. The van der Waals surface area contributed by atoms with Gasteiger partial charge in [-0.2, -0.15) is 13.2 Å². The van der Waals surface area contributed by atoms with Crippen LogP contribution in [0.4, 0.5) is 13.2 Å². The monoisotopic (exact) mass is 190 g/mol. The second kappa shape index (κ2) is 3.56. The molecule has 0 aromatic carbocycles. The summed E-state index contributed by atoms with van der Waals surface area (Å²) >= 11 is 0. The summed E-state index contributed by atoms with van der Waals surface area (Å²) in [6.07, 6.45) is 0.965. The summed E-state index contributed by atoms with van der Waals surface area (Å²) in [4.78, 5) is 0. The Kier molecular flexibility index (Phi) is 2.84. The van der Waals surface area contributed by atoms with Gasteiger partial charge in [0, 0.05) is 0 Å². The summed E-state index contributed by atoms with van der Waals surface area (Å²) in [5.41, 5.74) is 0.701. The Morgan fingerprint density at radius 2 is 2.00 bits per heavy atom. The molecule has 13 heavy (non-hydrogen) atoms. The van der Waals surface area contributed by atoms with Gasteiger partial charge in [-0.3, -0.25) is 0 Å². The molecular formula is C10H13F3. The lowest BCUT2D eigenvalue weighted by Crippen LogP contribution is -2.22. The fourth-order valence-electron chi connectivity index (χ4n) is 1.46. The molecular weight excluding hydrogens is 177 g/mol. The van der Waals surface area contributed by atoms with Crippen LogP contribution in [0.3, 0.4) is 0 Å². The van der Waals surface area contributed by atoms with Crippen molar-refractivity contribution in [2.45, 2.75) is 26.4 Å². The topological polar surface area (TPSA) is 0 Å². The normalized spacial score (nSPS) is 29.8. The smallest absolute Gasteiger partial charge is 0.170 e. The molecule has 1 aliphatic rings. The standard InChI is InChI=1S/C10H13F3/c1-7-3-4-8(2)6-9(5-7)10(11,12)13/h3-5,8-9H,6H2,1-2H3. The number of hydrogen-bond donors (Lipinski definition) is 0. The van der Waals surface area contributed by atoms with Crippen LogP contribution in [0.15, 0.2) is 23.8 Å². The highest BCUT2D eigenvalue weighted by Crippen LogP contribution is 2.35. The first-order chi connectivity index (χ1) is 5.89. The van der Waals surface area contributed by atoms with Gasteiger partial charge in [-0.05, 0) is 19.3 Å². The van der Waals surface area contributed by atoms with Crippen molar-refractivity contribution < 1.29 is 13.2 Å². The van der Waals surface area contributed by atoms with E-state index in [1.807, 2.05) is 13.0 Å². The number of alkyl halides is 3. The Morgan fingerprint density at radius 3 is 2.54 bits per heavy atom. The van der Waals surface area contributed by atoms with Crippen LogP contribution in [0.1, 0.15) is 20.3 Å². The van der Waals surface area contributed by atoms with Gasteiger partial charge >= 0.3 is 6.18 Å². The predicted octanol–water partition coefficient (Wildman–Crippen LogP) is 3.71. The molecule has 0 spiro atoms. The first-order valence-corrected chi connectivity index (χ1v) is 4.33. The molecule has 0 aromatic heterocycles. The van der Waals surface area contributed by atoms with Gasteiger partial charge in [-0.15, -0.1) is 0 Å². The van der Waals surface area contributed by atoms with E-state index < -0.39 is 12.1 Å². The zero-order valence-corrected chi connectivity index (χ0v) is 7.73. The molecule has 0 bridgehead atoms. The second-order valence-electron chi connectivity index (χ2n) is 3.63. The van der Waals surface area contributed by atoms with Crippen molar-refractivity contribution in [3.63, 3.8) is 0 Å². The maximum absolute atomic E-state index is 12.4. The Hall–Kier alpha value is -0.730. The van der Waals surface area contributed by atoms with E-state index in [0.29, 0.717) is 5.57 Å². The van der Waals surface area contributed by atoms with Crippen molar-refractivity contribution in [3.8, 4) is 0 Å². The Labute approximate surface area is 76.1 Å². The Morgan fingerprint density at radius 1 is 1.38 bits per heavy atom. The van der Waals surface area contributed by atoms with Crippen LogP contribution < -0.4 is 0 Å². The molecule has 0 nitrogen and oxygen atoms in total. The van der Waals surface area contributed by atoms with Crippen molar-refractivity contribution >= 4 is 0 Å². The summed E-state index contributed by atoms with van der Waals surface area (Å²) in [7, 11) is 0. The minimum atomic E-state index is -4.10. The molecule has 0 aliphatic heterocycles. The molecule has 0 saturated carbocycles. The zero-order valence-electron chi connectivity index (χ0n) is 7.73. The molecule has 2 atom stereocenters. The van der Waals surface area contributed by atoms with Crippen molar-refractivity contribution in [2.75, 3.05) is 0 Å². The van der Waals surface area contributed by atoms with Crippen LogP contribution in [0.5, 0.6) is 0 Å². The van der Waals surface area contributed by atoms with E-state index in [-0.39, 0.29) is 12.3 Å². The zero-order chi connectivity index (χ0) is 10.1. The van der Waals surface area contributed by atoms with Gasteiger partial charge < -0.3 is 0 Å². The van der Waals surface area contributed by atoms with E-state index in [0.717, 1.165) is 0 Å². The number of rotatable bonds is 0. The number of hydrogen-bond acceptors (Lipinski definition) is 0. The minimum absolute atomic E-state index is 0.000301. The summed E-state index contributed by atoms with van der Waals surface area (Å²) in [6.45, 7) is 3.51. The molecule has 3 heteroatoms. The van der Waals surface area contributed by atoms with Gasteiger partial charge in [-0.25, -0.2) is 0 Å². The van der Waals surface area contributed by atoms with Crippen LogP contribution in [0, 0.1) is 11.8 Å². The van der Waals surface area contributed by atoms with Crippen LogP contribution in [0.25, 0.3) is 0 Å². The van der Waals surface area contributed by atoms with E-state index in [9.17, 15) is 13.2 Å². The number of allylic oxidation sites excluding steroid dienone is 4. The fraction of sp³-hybridized carbons (Fsp3) is 0.600. The Balaban J connectivity index is 2.83. The van der Waals surface area contributed by atoms with E-state index >= 15 is 0 Å². The highest BCUT2D eigenvalue weighted by atomic mass is 19.4. The SMILES string of the molecule is CC1=CC(C(F)(F)F)CC(C)C=C1. The minimum Gasteiger partial charge on any atom is -0.170 e. The van der Waals surface area contributed by atoms with Gasteiger partial charge in [0.15, 0.2) is 0 Å². The Bertz CT molecular complexity index is 235. The summed E-state index contributed by atoms with van der Waals surface area (Å²) < 4.78 is 37.2. The van der Waals surface area contributed by atoms with Crippen molar-refractivity contribution in [2.24, 2.45) is 11.8 Å². The van der Waals surface area contributed by atoms with Crippen molar-refractivity contribution in [3.05, 3.63) is 23.8 Å². The van der Waals surface area contributed by atoms with Crippen LogP contribution in [-0.2, 0) is 0 Å². The average Bonchev–Trinajstić information content (AvgIpc) is 2.12. The van der Waals surface area contributed by atoms with Gasteiger partial charge in [0.05, 0.1) is 5.92 Å². The van der Waals surface area contributed by atoms with Crippen molar-refractivity contribution in [1.82, 2.24) is 0 Å². The van der Waals surface area contributed by atoms with E-state index in [1.54, 1.807) is 13.0 Å². The van der Waals surface area contributed by atoms with Gasteiger partial charge in [0.25, 0.3) is 0 Å². The molecule has 1 rings (SSSR count). The molecule has 0 aromatic rings. The fourth-order valence-corrected chi connectivity index (χ4v) is 1.46. The number of halogens is 3. The summed E-state index contributed by atoms with van der Waals surface area (Å²) in [5.74, 6) is -1.28. The first kappa shape index (κ1) is 10.4. The molecule has 0 radical (unpaired) electrons. The molecule has 0 heterocycles. The maximum atomic E-state index is 12.4. The third kappa shape index (κ3) is 2.90. The summed E-state index contributed by atoms with van der Waals surface area (Å²) in [5, 5.41) is 0. The van der Waals surface area contributed by atoms with Gasteiger partial charge in [-0.1, -0.05) is 30.7 Å². The summed E-state index contributed by atoms with van der Waals surface area (Å²) in [6, 6.07) is 0. The van der Waals surface area contributed by atoms with E-state index in [1.165, 1.54) is 6.08 Å². The van der Waals surface area contributed by atoms with Gasteiger partial charge in [0.1, 0.15) is 0 Å². The average molecular weight is 190 g/mol. The molecule has 0 amide bonds. The molecule has 0 saturated heterocycles. The molecule has 1 aliphatic carbocycles. The second-order valence-corrected chi connectivity index (χ2v) is 3.63. The first-order valence-electron chi connectivity index (χ1n) is 4.33. The highest BCUT2D eigenvalue weighted by Gasteiger charge is 2.38. The van der Waals surface area contributed by atoms with Crippen LogP contribution >= 0.6 is 0 Å². The molecule has 0 N–H and O–H groups in total.